The minimum atomic E-state index is 0.627. The van der Waals surface area contributed by atoms with Gasteiger partial charge < -0.3 is 5.32 Å². The zero-order valence-corrected chi connectivity index (χ0v) is 10.9. The molecule has 19 heavy (non-hydrogen) atoms. The normalized spacial score (nSPS) is 12.8. The fourth-order valence-corrected chi connectivity index (χ4v) is 2.51. The van der Waals surface area contributed by atoms with E-state index in [9.17, 15) is 5.26 Å². The molecule has 1 aliphatic carbocycles. The predicted molar refractivity (Wildman–Crippen MR) is 75.4 cm³/mol. The van der Waals surface area contributed by atoms with Crippen LogP contribution < -0.4 is 5.32 Å². The molecule has 1 aromatic carbocycles. The van der Waals surface area contributed by atoms with Gasteiger partial charge in [0.1, 0.15) is 11.9 Å². The Kier molecular flexibility index (Phi) is 2.92. The summed E-state index contributed by atoms with van der Waals surface area (Å²) in [7, 11) is 0. The van der Waals surface area contributed by atoms with Gasteiger partial charge in [-0.3, -0.25) is 0 Å². The van der Waals surface area contributed by atoms with Gasteiger partial charge in [0.05, 0.1) is 5.56 Å². The van der Waals surface area contributed by atoms with Crippen LogP contribution in [0.25, 0.3) is 0 Å². The standard InChI is InChI=1S/C16H15N3/c1-11-4-2-6-14(8-11)18-16-13(10-17)9-12-5-3-7-15(12)19-16/h2,4,6,8-9H,3,5,7H2,1H3,(H,18,19). The summed E-state index contributed by atoms with van der Waals surface area (Å²) in [4.78, 5) is 4.62. The number of aryl methyl sites for hydroxylation is 3. The van der Waals surface area contributed by atoms with E-state index < -0.39 is 0 Å². The average molecular weight is 249 g/mol. The summed E-state index contributed by atoms with van der Waals surface area (Å²) in [6, 6.07) is 12.3. The van der Waals surface area contributed by atoms with Crippen LogP contribution in [0, 0.1) is 18.3 Å². The van der Waals surface area contributed by atoms with Crippen LogP contribution in [0.2, 0.25) is 0 Å². The molecule has 1 aliphatic rings. The first-order valence-electron chi connectivity index (χ1n) is 6.53. The lowest BCUT2D eigenvalue weighted by atomic mass is 10.1. The monoisotopic (exact) mass is 249 g/mol. The lowest BCUT2D eigenvalue weighted by molar-refractivity contribution is 0.900. The number of rotatable bonds is 2. The molecule has 0 atom stereocenters. The van der Waals surface area contributed by atoms with Gasteiger partial charge in [-0.05, 0) is 55.5 Å². The number of pyridine rings is 1. The van der Waals surface area contributed by atoms with Crippen LogP contribution >= 0.6 is 0 Å². The quantitative estimate of drug-likeness (QED) is 0.886. The van der Waals surface area contributed by atoms with Crippen molar-refractivity contribution in [3.8, 4) is 6.07 Å². The fraction of sp³-hybridized carbons (Fsp3) is 0.250. The van der Waals surface area contributed by atoms with Crippen molar-refractivity contribution in [2.45, 2.75) is 26.2 Å². The molecule has 0 amide bonds. The lowest BCUT2D eigenvalue weighted by Gasteiger charge is -2.10. The average Bonchev–Trinajstić information content (AvgIpc) is 2.85. The minimum absolute atomic E-state index is 0.627. The highest BCUT2D eigenvalue weighted by Crippen LogP contribution is 2.26. The third kappa shape index (κ3) is 2.30. The van der Waals surface area contributed by atoms with Crippen molar-refractivity contribution in [1.29, 1.82) is 5.26 Å². The Labute approximate surface area is 112 Å². The van der Waals surface area contributed by atoms with E-state index in [-0.39, 0.29) is 0 Å². The van der Waals surface area contributed by atoms with Gasteiger partial charge in [0.2, 0.25) is 0 Å². The maximum absolute atomic E-state index is 9.25. The van der Waals surface area contributed by atoms with Crippen LogP contribution in [0.15, 0.2) is 30.3 Å². The SMILES string of the molecule is Cc1cccc(Nc2nc3c(cc2C#N)CCC3)c1. The Morgan fingerprint density at radius 1 is 1.26 bits per heavy atom. The van der Waals surface area contributed by atoms with Crippen molar-refractivity contribution in [1.82, 2.24) is 4.98 Å². The molecule has 0 unspecified atom stereocenters. The number of hydrogen-bond acceptors (Lipinski definition) is 3. The summed E-state index contributed by atoms with van der Waals surface area (Å²) in [5.74, 6) is 0.675. The Bertz CT molecular complexity index is 668. The molecule has 2 aromatic rings. The summed E-state index contributed by atoms with van der Waals surface area (Å²) in [5, 5.41) is 12.5. The maximum Gasteiger partial charge on any atom is 0.148 e. The zero-order valence-electron chi connectivity index (χ0n) is 10.9. The number of nitrogens with zero attached hydrogens (tertiary/aromatic N) is 2. The zero-order chi connectivity index (χ0) is 13.2. The molecule has 0 saturated carbocycles. The van der Waals surface area contributed by atoms with E-state index in [4.69, 9.17) is 0 Å². The van der Waals surface area contributed by atoms with Crippen LogP contribution in [0.3, 0.4) is 0 Å². The van der Waals surface area contributed by atoms with E-state index in [2.05, 4.69) is 22.4 Å². The van der Waals surface area contributed by atoms with E-state index in [1.165, 1.54) is 11.1 Å². The number of fused-ring (bicyclic) bond motifs is 1. The van der Waals surface area contributed by atoms with Crippen LogP contribution in [0.5, 0.6) is 0 Å². The molecule has 0 saturated heterocycles. The van der Waals surface area contributed by atoms with E-state index in [0.29, 0.717) is 11.4 Å². The molecule has 0 aliphatic heterocycles. The topological polar surface area (TPSA) is 48.7 Å². The Hall–Kier alpha value is -2.34. The van der Waals surface area contributed by atoms with Crippen LogP contribution in [-0.2, 0) is 12.8 Å². The molecule has 94 valence electrons. The molecular weight excluding hydrogens is 234 g/mol. The number of benzene rings is 1. The number of aromatic nitrogens is 1. The molecule has 3 rings (SSSR count). The van der Waals surface area contributed by atoms with Crippen molar-refractivity contribution in [3.05, 3.63) is 52.7 Å². The summed E-state index contributed by atoms with van der Waals surface area (Å²) < 4.78 is 0. The second kappa shape index (κ2) is 4.74. The molecule has 0 spiro atoms. The minimum Gasteiger partial charge on any atom is -0.339 e. The highest BCUT2D eigenvalue weighted by atomic mass is 15.0. The summed E-state index contributed by atoms with van der Waals surface area (Å²) in [6.45, 7) is 2.05. The molecule has 0 bridgehead atoms. The van der Waals surface area contributed by atoms with Gasteiger partial charge in [0.25, 0.3) is 0 Å². The first-order valence-corrected chi connectivity index (χ1v) is 6.53. The van der Waals surface area contributed by atoms with E-state index >= 15 is 0 Å². The van der Waals surface area contributed by atoms with Crippen LogP contribution in [0.1, 0.15) is 28.8 Å². The number of anilines is 2. The molecule has 1 aromatic heterocycles. The molecule has 0 radical (unpaired) electrons. The van der Waals surface area contributed by atoms with Crippen molar-refractivity contribution < 1.29 is 0 Å². The third-order valence-corrected chi connectivity index (χ3v) is 3.45. The molecular formula is C16H15N3. The molecule has 3 heteroatoms. The Morgan fingerprint density at radius 2 is 2.16 bits per heavy atom. The van der Waals surface area contributed by atoms with Gasteiger partial charge in [-0.2, -0.15) is 5.26 Å². The van der Waals surface area contributed by atoms with Gasteiger partial charge in [-0.1, -0.05) is 12.1 Å². The lowest BCUT2D eigenvalue weighted by Crippen LogP contribution is -2.01. The highest BCUT2D eigenvalue weighted by molar-refractivity contribution is 5.64. The fourth-order valence-electron chi connectivity index (χ4n) is 2.51. The van der Waals surface area contributed by atoms with Crippen molar-refractivity contribution in [3.63, 3.8) is 0 Å². The predicted octanol–water partition coefficient (Wildman–Crippen LogP) is 3.49. The first-order chi connectivity index (χ1) is 9.26. The van der Waals surface area contributed by atoms with Crippen molar-refractivity contribution in [2.75, 3.05) is 5.32 Å². The van der Waals surface area contributed by atoms with Crippen molar-refractivity contribution in [2.24, 2.45) is 0 Å². The highest BCUT2D eigenvalue weighted by Gasteiger charge is 2.16. The van der Waals surface area contributed by atoms with Crippen molar-refractivity contribution >= 4 is 11.5 Å². The summed E-state index contributed by atoms with van der Waals surface area (Å²) in [5.41, 5.74) is 5.15. The largest absolute Gasteiger partial charge is 0.339 e. The first kappa shape index (κ1) is 11.7. The molecule has 0 fully saturated rings. The van der Waals surface area contributed by atoms with E-state index in [0.717, 1.165) is 30.6 Å². The maximum atomic E-state index is 9.25. The third-order valence-electron chi connectivity index (χ3n) is 3.45. The van der Waals surface area contributed by atoms with Gasteiger partial charge >= 0.3 is 0 Å². The van der Waals surface area contributed by atoms with E-state index in [1.54, 1.807) is 0 Å². The summed E-state index contributed by atoms with van der Waals surface area (Å²) in [6.07, 6.45) is 3.20. The second-order valence-corrected chi connectivity index (χ2v) is 4.95. The van der Waals surface area contributed by atoms with Gasteiger partial charge in [-0.15, -0.1) is 0 Å². The van der Waals surface area contributed by atoms with Gasteiger partial charge in [0, 0.05) is 11.4 Å². The number of hydrogen-bond donors (Lipinski definition) is 1. The Balaban J connectivity index is 1.99. The molecule has 3 nitrogen and oxygen atoms in total. The van der Waals surface area contributed by atoms with Gasteiger partial charge in [-0.25, -0.2) is 4.98 Å². The second-order valence-electron chi connectivity index (χ2n) is 4.95. The Morgan fingerprint density at radius 3 is 2.95 bits per heavy atom. The smallest absolute Gasteiger partial charge is 0.148 e. The van der Waals surface area contributed by atoms with Gasteiger partial charge in [0.15, 0.2) is 0 Å². The summed E-state index contributed by atoms with van der Waals surface area (Å²) >= 11 is 0. The van der Waals surface area contributed by atoms with Crippen LogP contribution in [-0.4, -0.2) is 4.98 Å². The van der Waals surface area contributed by atoms with Crippen LogP contribution in [0.4, 0.5) is 11.5 Å². The molecule has 1 N–H and O–H groups in total. The molecule has 1 heterocycles. The van der Waals surface area contributed by atoms with E-state index in [1.807, 2.05) is 31.2 Å². The number of nitrogens with one attached hydrogen (secondary N) is 1. The number of nitriles is 1.